The van der Waals surface area contributed by atoms with E-state index in [1.165, 1.54) is 11.1 Å². The standard InChI is InChI=1S/C14H19NO/c1-10-4-5-11-9-12(6-7-15(2)3)14(16)13(11)8-10/h4-5,8,12H,6-7,9H2,1-3H3. The number of ketones is 1. The summed E-state index contributed by atoms with van der Waals surface area (Å²) in [6.45, 7) is 3.03. The van der Waals surface area contributed by atoms with Crippen LogP contribution in [0.2, 0.25) is 0 Å². The summed E-state index contributed by atoms with van der Waals surface area (Å²) in [6.07, 6.45) is 1.90. The fourth-order valence-electron chi connectivity index (χ4n) is 2.32. The van der Waals surface area contributed by atoms with Crippen LogP contribution in [0, 0.1) is 12.8 Å². The summed E-state index contributed by atoms with van der Waals surface area (Å²) in [5.41, 5.74) is 3.38. The number of Topliss-reactive ketones (excluding diaryl/α,β-unsaturated/α-hetero) is 1. The Hall–Kier alpha value is -1.15. The van der Waals surface area contributed by atoms with Crippen molar-refractivity contribution in [1.82, 2.24) is 4.90 Å². The van der Waals surface area contributed by atoms with E-state index in [0.29, 0.717) is 5.78 Å². The lowest BCUT2D eigenvalue weighted by Gasteiger charge is -2.12. The molecule has 0 N–H and O–H groups in total. The first-order valence-electron chi connectivity index (χ1n) is 5.86. The Morgan fingerprint density at radius 2 is 2.12 bits per heavy atom. The first kappa shape index (κ1) is 11.3. The van der Waals surface area contributed by atoms with Gasteiger partial charge < -0.3 is 4.90 Å². The third-order valence-electron chi connectivity index (χ3n) is 3.29. The molecule has 0 heterocycles. The molecule has 2 rings (SSSR count). The summed E-state index contributed by atoms with van der Waals surface area (Å²) in [6, 6.07) is 6.24. The molecule has 0 spiro atoms. The molecule has 0 bridgehead atoms. The fourth-order valence-corrected chi connectivity index (χ4v) is 2.32. The van der Waals surface area contributed by atoms with Crippen molar-refractivity contribution < 1.29 is 4.79 Å². The molecule has 1 unspecified atom stereocenters. The predicted octanol–water partition coefficient (Wildman–Crippen LogP) is 2.30. The third kappa shape index (κ3) is 2.17. The van der Waals surface area contributed by atoms with Crippen LogP contribution in [0.1, 0.15) is 27.9 Å². The van der Waals surface area contributed by atoms with Crippen molar-refractivity contribution in [3.63, 3.8) is 0 Å². The highest BCUT2D eigenvalue weighted by atomic mass is 16.1. The second kappa shape index (κ2) is 4.38. The van der Waals surface area contributed by atoms with E-state index in [0.717, 1.165) is 24.9 Å². The summed E-state index contributed by atoms with van der Waals surface area (Å²) < 4.78 is 0. The minimum Gasteiger partial charge on any atom is -0.309 e. The van der Waals surface area contributed by atoms with Gasteiger partial charge in [0.05, 0.1) is 0 Å². The summed E-state index contributed by atoms with van der Waals surface area (Å²) in [7, 11) is 4.10. The molecule has 1 aromatic rings. The quantitative estimate of drug-likeness (QED) is 0.774. The molecule has 1 aliphatic rings. The van der Waals surface area contributed by atoms with Crippen molar-refractivity contribution >= 4 is 5.78 Å². The molecular weight excluding hydrogens is 198 g/mol. The Labute approximate surface area is 97.3 Å². The van der Waals surface area contributed by atoms with Gasteiger partial charge in [-0.1, -0.05) is 17.7 Å². The van der Waals surface area contributed by atoms with Crippen LogP contribution in [-0.2, 0) is 6.42 Å². The molecule has 2 heteroatoms. The SMILES string of the molecule is Cc1ccc2c(c1)C(=O)C(CCN(C)C)C2. The maximum atomic E-state index is 12.1. The molecule has 1 aliphatic carbocycles. The van der Waals surface area contributed by atoms with Crippen LogP contribution in [0.3, 0.4) is 0 Å². The Morgan fingerprint density at radius 1 is 1.38 bits per heavy atom. The molecule has 86 valence electrons. The number of hydrogen-bond donors (Lipinski definition) is 0. The van der Waals surface area contributed by atoms with E-state index < -0.39 is 0 Å². The van der Waals surface area contributed by atoms with Gasteiger partial charge in [-0.15, -0.1) is 0 Å². The number of hydrogen-bond acceptors (Lipinski definition) is 2. The Bertz CT molecular complexity index is 409. The van der Waals surface area contributed by atoms with Crippen LogP contribution in [0.15, 0.2) is 18.2 Å². The summed E-state index contributed by atoms with van der Waals surface area (Å²) in [4.78, 5) is 14.3. The van der Waals surface area contributed by atoms with Gasteiger partial charge in [0, 0.05) is 11.5 Å². The first-order valence-corrected chi connectivity index (χ1v) is 5.86. The normalized spacial score (nSPS) is 19.2. The lowest BCUT2D eigenvalue weighted by atomic mass is 10.0. The van der Waals surface area contributed by atoms with Crippen LogP contribution < -0.4 is 0 Å². The Kier molecular flexibility index (Phi) is 3.10. The number of fused-ring (bicyclic) bond motifs is 1. The topological polar surface area (TPSA) is 20.3 Å². The van der Waals surface area contributed by atoms with Gasteiger partial charge in [0.25, 0.3) is 0 Å². The van der Waals surface area contributed by atoms with Crippen molar-refractivity contribution in [2.75, 3.05) is 20.6 Å². The molecule has 1 atom stereocenters. The average Bonchev–Trinajstić information content (AvgIpc) is 2.53. The summed E-state index contributed by atoms with van der Waals surface area (Å²) >= 11 is 0. The lowest BCUT2D eigenvalue weighted by molar-refractivity contribution is 0.0925. The summed E-state index contributed by atoms with van der Waals surface area (Å²) in [5.74, 6) is 0.555. The van der Waals surface area contributed by atoms with Crippen LogP contribution in [-0.4, -0.2) is 31.3 Å². The zero-order valence-electron chi connectivity index (χ0n) is 10.3. The van der Waals surface area contributed by atoms with Crippen molar-refractivity contribution in [1.29, 1.82) is 0 Å². The van der Waals surface area contributed by atoms with Crippen LogP contribution in [0.25, 0.3) is 0 Å². The predicted molar refractivity (Wildman–Crippen MR) is 65.9 cm³/mol. The molecule has 0 amide bonds. The van der Waals surface area contributed by atoms with Gasteiger partial charge in [-0.25, -0.2) is 0 Å². The highest BCUT2D eigenvalue weighted by Crippen LogP contribution is 2.29. The van der Waals surface area contributed by atoms with Gasteiger partial charge >= 0.3 is 0 Å². The van der Waals surface area contributed by atoms with E-state index in [-0.39, 0.29) is 5.92 Å². The molecule has 16 heavy (non-hydrogen) atoms. The van der Waals surface area contributed by atoms with Crippen molar-refractivity contribution in [2.45, 2.75) is 19.8 Å². The van der Waals surface area contributed by atoms with Gasteiger partial charge in [0.2, 0.25) is 0 Å². The van der Waals surface area contributed by atoms with Gasteiger partial charge in [-0.05, 0) is 52.0 Å². The number of carbonyl (C=O) groups excluding carboxylic acids is 1. The Balaban J connectivity index is 2.12. The van der Waals surface area contributed by atoms with Crippen molar-refractivity contribution in [3.8, 4) is 0 Å². The van der Waals surface area contributed by atoms with E-state index >= 15 is 0 Å². The van der Waals surface area contributed by atoms with E-state index in [1.807, 2.05) is 13.0 Å². The molecule has 0 fully saturated rings. The van der Waals surface area contributed by atoms with Gasteiger partial charge in [-0.2, -0.15) is 0 Å². The number of nitrogens with zero attached hydrogens (tertiary/aromatic N) is 1. The number of carbonyl (C=O) groups is 1. The van der Waals surface area contributed by atoms with E-state index in [4.69, 9.17) is 0 Å². The zero-order valence-corrected chi connectivity index (χ0v) is 10.3. The van der Waals surface area contributed by atoms with Crippen LogP contribution in [0.4, 0.5) is 0 Å². The van der Waals surface area contributed by atoms with E-state index in [1.54, 1.807) is 0 Å². The second-order valence-electron chi connectivity index (χ2n) is 5.02. The summed E-state index contributed by atoms with van der Waals surface area (Å²) in [5, 5.41) is 0. The molecule has 0 saturated heterocycles. The van der Waals surface area contributed by atoms with Gasteiger partial charge in [0.15, 0.2) is 5.78 Å². The zero-order chi connectivity index (χ0) is 11.7. The smallest absolute Gasteiger partial charge is 0.166 e. The fraction of sp³-hybridized carbons (Fsp3) is 0.500. The average molecular weight is 217 g/mol. The highest BCUT2D eigenvalue weighted by molar-refractivity contribution is 6.02. The van der Waals surface area contributed by atoms with E-state index in [2.05, 4.69) is 31.1 Å². The Morgan fingerprint density at radius 3 is 2.81 bits per heavy atom. The number of aryl methyl sites for hydroxylation is 1. The van der Waals surface area contributed by atoms with Gasteiger partial charge in [-0.3, -0.25) is 4.79 Å². The monoisotopic (exact) mass is 217 g/mol. The number of benzene rings is 1. The molecular formula is C14H19NO. The first-order chi connectivity index (χ1) is 7.58. The molecule has 0 aliphatic heterocycles. The van der Waals surface area contributed by atoms with Crippen molar-refractivity contribution in [2.24, 2.45) is 5.92 Å². The molecule has 0 radical (unpaired) electrons. The van der Waals surface area contributed by atoms with E-state index in [9.17, 15) is 4.79 Å². The van der Waals surface area contributed by atoms with Crippen LogP contribution >= 0.6 is 0 Å². The minimum absolute atomic E-state index is 0.208. The van der Waals surface area contributed by atoms with Crippen molar-refractivity contribution in [3.05, 3.63) is 34.9 Å². The van der Waals surface area contributed by atoms with Crippen LogP contribution in [0.5, 0.6) is 0 Å². The lowest BCUT2D eigenvalue weighted by Crippen LogP contribution is -2.19. The molecule has 0 saturated carbocycles. The maximum Gasteiger partial charge on any atom is 0.166 e. The van der Waals surface area contributed by atoms with Gasteiger partial charge in [0.1, 0.15) is 0 Å². The highest BCUT2D eigenvalue weighted by Gasteiger charge is 2.29. The minimum atomic E-state index is 0.208. The molecule has 2 nitrogen and oxygen atoms in total. The largest absolute Gasteiger partial charge is 0.309 e. The third-order valence-corrected chi connectivity index (χ3v) is 3.29. The molecule has 0 aromatic heterocycles. The molecule has 1 aromatic carbocycles. The second-order valence-corrected chi connectivity index (χ2v) is 5.02. The number of rotatable bonds is 3. The maximum absolute atomic E-state index is 12.1.